The van der Waals surface area contributed by atoms with Gasteiger partial charge in [-0.1, -0.05) is 91.0 Å². The molecule has 0 bridgehead atoms. The fourth-order valence-corrected chi connectivity index (χ4v) is 4.03. The molecular weight excluding hydrogens is 338 g/mol. The van der Waals surface area contributed by atoms with Crippen molar-refractivity contribution in [3.63, 3.8) is 0 Å². The maximum absolute atomic E-state index is 6.32. The van der Waals surface area contributed by atoms with E-state index in [1.807, 2.05) is 0 Å². The highest BCUT2D eigenvalue weighted by Gasteiger charge is 2.38. The first-order valence-corrected chi connectivity index (χ1v) is 9.30. The highest BCUT2D eigenvalue weighted by Crippen LogP contribution is 2.41. The first-order valence-electron chi connectivity index (χ1n) is 8.76. The number of benzene rings is 3. The van der Waals surface area contributed by atoms with Crippen molar-refractivity contribution in [3.05, 3.63) is 132 Å². The van der Waals surface area contributed by atoms with Gasteiger partial charge in [-0.25, -0.2) is 0 Å². The molecule has 4 rings (SSSR count). The third-order valence-corrected chi connectivity index (χ3v) is 5.18. The highest BCUT2D eigenvalue weighted by molar-refractivity contribution is 6.16. The molecule has 0 fully saturated rings. The predicted molar refractivity (Wildman–Crippen MR) is 109 cm³/mol. The average molecular weight is 358 g/mol. The number of aromatic nitrogens is 1. The summed E-state index contributed by atoms with van der Waals surface area (Å²) in [5.74, 6) is 0.460. The summed E-state index contributed by atoms with van der Waals surface area (Å²) in [4.78, 5) is 0. The van der Waals surface area contributed by atoms with Crippen LogP contribution in [0.1, 0.15) is 22.4 Å². The van der Waals surface area contributed by atoms with E-state index in [-0.39, 0.29) is 0 Å². The van der Waals surface area contributed by atoms with Gasteiger partial charge in [0.25, 0.3) is 0 Å². The van der Waals surface area contributed by atoms with E-state index < -0.39 is 5.54 Å². The fraction of sp³-hybridized carbons (Fsp3) is 0.0833. The SMILES string of the molecule is ClCc1cccn1C(c1ccccc1)(c1ccccc1)c1ccccc1. The highest BCUT2D eigenvalue weighted by atomic mass is 35.5. The van der Waals surface area contributed by atoms with E-state index in [9.17, 15) is 0 Å². The van der Waals surface area contributed by atoms with Crippen molar-refractivity contribution in [2.24, 2.45) is 0 Å². The zero-order valence-corrected chi connectivity index (χ0v) is 15.2. The van der Waals surface area contributed by atoms with E-state index in [0.717, 1.165) is 5.69 Å². The van der Waals surface area contributed by atoms with Crippen LogP contribution in [0.15, 0.2) is 109 Å². The van der Waals surface area contributed by atoms with Crippen LogP contribution in [-0.4, -0.2) is 4.57 Å². The maximum atomic E-state index is 6.32. The fourth-order valence-electron chi connectivity index (χ4n) is 3.81. The topological polar surface area (TPSA) is 4.93 Å². The van der Waals surface area contributed by atoms with E-state index >= 15 is 0 Å². The molecular formula is C24H20ClN. The number of alkyl halides is 1. The van der Waals surface area contributed by atoms with Crippen LogP contribution in [0.3, 0.4) is 0 Å². The molecule has 3 aromatic carbocycles. The van der Waals surface area contributed by atoms with Gasteiger partial charge in [0, 0.05) is 11.9 Å². The van der Waals surface area contributed by atoms with E-state index in [0.29, 0.717) is 5.88 Å². The summed E-state index contributed by atoms with van der Waals surface area (Å²) in [5.41, 5.74) is 4.24. The summed E-state index contributed by atoms with van der Waals surface area (Å²) < 4.78 is 2.31. The molecule has 0 spiro atoms. The van der Waals surface area contributed by atoms with Gasteiger partial charge in [0.05, 0.1) is 5.88 Å². The Morgan fingerprint density at radius 3 is 1.38 bits per heavy atom. The zero-order valence-electron chi connectivity index (χ0n) is 14.4. The summed E-state index contributed by atoms with van der Waals surface area (Å²) in [7, 11) is 0. The molecule has 0 aliphatic heterocycles. The lowest BCUT2D eigenvalue weighted by Crippen LogP contribution is -2.38. The molecule has 1 aromatic heterocycles. The van der Waals surface area contributed by atoms with Gasteiger partial charge in [-0.2, -0.15) is 0 Å². The smallest absolute Gasteiger partial charge is 0.120 e. The van der Waals surface area contributed by atoms with Gasteiger partial charge >= 0.3 is 0 Å². The second kappa shape index (κ2) is 7.23. The lowest BCUT2D eigenvalue weighted by Gasteiger charge is -2.39. The molecule has 1 heterocycles. The Labute approximate surface area is 159 Å². The molecule has 0 aliphatic carbocycles. The molecule has 2 heteroatoms. The number of nitrogens with zero attached hydrogens (tertiary/aromatic N) is 1. The molecule has 0 aliphatic rings. The Morgan fingerprint density at radius 1 is 0.577 bits per heavy atom. The van der Waals surface area contributed by atoms with Crippen molar-refractivity contribution >= 4 is 11.6 Å². The van der Waals surface area contributed by atoms with Gasteiger partial charge in [-0.05, 0) is 28.8 Å². The van der Waals surface area contributed by atoms with Gasteiger partial charge < -0.3 is 4.57 Å². The third kappa shape index (κ3) is 2.65. The Kier molecular flexibility index (Phi) is 4.64. The molecule has 0 N–H and O–H groups in total. The second-order valence-corrected chi connectivity index (χ2v) is 6.58. The quantitative estimate of drug-likeness (QED) is 0.302. The monoisotopic (exact) mass is 357 g/mol. The largest absolute Gasteiger partial charge is 0.332 e. The van der Waals surface area contributed by atoms with Crippen molar-refractivity contribution in [3.8, 4) is 0 Å². The molecule has 0 radical (unpaired) electrons. The minimum atomic E-state index is -0.475. The lowest BCUT2D eigenvalue weighted by atomic mass is 9.76. The predicted octanol–water partition coefficient (Wildman–Crippen LogP) is 6.07. The van der Waals surface area contributed by atoms with Crippen LogP contribution >= 0.6 is 11.6 Å². The molecule has 4 aromatic rings. The lowest BCUT2D eigenvalue weighted by molar-refractivity contribution is 0.505. The van der Waals surface area contributed by atoms with Crippen molar-refractivity contribution < 1.29 is 0 Å². The standard InChI is InChI=1S/C24H20ClN/c25-19-23-17-10-18-26(23)24(20-11-4-1-5-12-20,21-13-6-2-7-14-21)22-15-8-3-9-16-22/h1-18H,19H2. The maximum Gasteiger partial charge on any atom is 0.120 e. The number of hydrogen-bond donors (Lipinski definition) is 0. The zero-order chi connectivity index (χ0) is 17.8. The minimum absolute atomic E-state index is 0.460. The molecule has 0 saturated heterocycles. The van der Waals surface area contributed by atoms with Crippen molar-refractivity contribution in [1.29, 1.82) is 0 Å². The minimum Gasteiger partial charge on any atom is -0.332 e. The van der Waals surface area contributed by atoms with E-state index in [1.165, 1.54) is 16.7 Å². The van der Waals surface area contributed by atoms with Crippen LogP contribution in [0.5, 0.6) is 0 Å². The van der Waals surface area contributed by atoms with Crippen LogP contribution in [0.2, 0.25) is 0 Å². The summed E-state index contributed by atoms with van der Waals surface area (Å²) in [6.07, 6.45) is 2.13. The normalized spacial score (nSPS) is 11.4. The van der Waals surface area contributed by atoms with Gasteiger partial charge in [-0.15, -0.1) is 11.6 Å². The summed E-state index contributed by atoms with van der Waals surface area (Å²) in [6.45, 7) is 0. The van der Waals surface area contributed by atoms with Crippen LogP contribution < -0.4 is 0 Å². The van der Waals surface area contributed by atoms with Gasteiger partial charge in [0.2, 0.25) is 0 Å². The number of hydrogen-bond acceptors (Lipinski definition) is 0. The van der Waals surface area contributed by atoms with Gasteiger partial charge in [0.15, 0.2) is 0 Å². The summed E-state index contributed by atoms with van der Waals surface area (Å²) in [5, 5.41) is 0. The van der Waals surface area contributed by atoms with Gasteiger partial charge in [-0.3, -0.25) is 0 Å². The van der Waals surface area contributed by atoms with Crippen LogP contribution in [0, 0.1) is 0 Å². The molecule has 26 heavy (non-hydrogen) atoms. The van der Waals surface area contributed by atoms with Crippen LogP contribution in [0.4, 0.5) is 0 Å². The average Bonchev–Trinajstić information content (AvgIpc) is 3.20. The first kappa shape index (κ1) is 16.7. The Hall–Kier alpha value is -2.77. The molecule has 0 amide bonds. The van der Waals surface area contributed by atoms with E-state index in [1.54, 1.807) is 0 Å². The van der Waals surface area contributed by atoms with Crippen molar-refractivity contribution in [2.75, 3.05) is 0 Å². The molecule has 0 saturated carbocycles. The number of rotatable bonds is 5. The van der Waals surface area contributed by atoms with Crippen molar-refractivity contribution in [1.82, 2.24) is 4.57 Å². The van der Waals surface area contributed by atoms with Crippen LogP contribution in [-0.2, 0) is 11.4 Å². The second-order valence-electron chi connectivity index (χ2n) is 6.31. The molecule has 128 valence electrons. The van der Waals surface area contributed by atoms with E-state index in [2.05, 4.69) is 114 Å². The molecule has 0 atom stereocenters. The van der Waals surface area contributed by atoms with Gasteiger partial charge in [0.1, 0.15) is 5.54 Å². The Balaban J connectivity index is 2.15. The summed E-state index contributed by atoms with van der Waals surface area (Å²) in [6, 6.07) is 36.1. The summed E-state index contributed by atoms with van der Waals surface area (Å²) >= 11 is 6.32. The van der Waals surface area contributed by atoms with E-state index in [4.69, 9.17) is 11.6 Å². The Bertz CT molecular complexity index is 862. The van der Waals surface area contributed by atoms with Crippen molar-refractivity contribution in [2.45, 2.75) is 11.4 Å². The third-order valence-electron chi connectivity index (χ3n) is 4.91. The Morgan fingerprint density at radius 2 is 1.00 bits per heavy atom. The molecule has 0 unspecified atom stereocenters. The van der Waals surface area contributed by atoms with Crippen LogP contribution in [0.25, 0.3) is 0 Å². The first-order chi connectivity index (χ1) is 12.9. The molecule has 1 nitrogen and oxygen atoms in total. The number of halogens is 1.